The maximum Gasteiger partial charge on any atom is 0.0616 e. The molecule has 1 saturated heterocycles. The normalized spacial score (nSPS) is 32.8. The fourth-order valence-corrected chi connectivity index (χ4v) is 3.89. The molecule has 2 aliphatic rings. The molecule has 0 aromatic carbocycles. The molecule has 0 aromatic heterocycles. The molecule has 0 spiro atoms. The third kappa shape index (κ3) is 3.23. The molecule has 1 aliphatic heterocycles. The second kappa shape index (κ2) is 6.75. The van der Waals surface area contributed by atoms with E-state index in [1.807, 2.05) is 0 Å². The van der Waals surface area contributed by atoms with Gasteiger partial charge in [0.2, 0.25) is 0 Å². The van der Waals surface area contributed by atoms with E-state index in [-0.39, 0.29) is 0 Å². The molecular weight excluding hydrogens is 210 g/mol. The SMILES string of the molecule is CCNC(C1CCCCC1)C1CCOC1CC. The van der Waals surface area contributed by atoms with Crippen LogP contribution in [0.1, 0.15) is 58.8 Å². The minimum atomic E-state index is 0.515. The molecule has 1 heterocycles. The lowest BCUT2D eigenvalue weighted by atomic mass is 9.76. The summed E-state index contributed by atoms with van der Waals surface area (Å²) in [5, 5.41) is 3.78. The van der Waals surface area contributed by atoms with Crippen LogP contribution >= 0.6 is 0 Å². The van der Waals surface area contributed by atoms with Gasteiger partial charge in [-0.3, -0.25) is 0 Å². The number of ether oxygens (including phenoxy) is 1. The van der Waals surface area contributed by atoms with E-state index < -0.39 is 0 Å². The molecule has 100 valence electrons. The van der Waals surface area contributed by atoms with Crippen LogP contribution in [0.15, 0.2) is 0 Å². The first-order chi connectivity index (χ1) is 8.36. The third-order valence-corrected chi connectivity index (χ3v) is 4.72. The number of nitrogens with one attached hydrogen (secondary N) is 1. The number of hydrogen-bond acceptors (Lipinski definition) is 2. The first-order valence-electron chi connectivity index (χ1n) is 7.71. The van der Waals surface area contributed by atoms with Crippen LogP contribution in [0.2, 0.25) is 0 Å². The van der Waals surface area contributed by atoms with Crippen LogP contribution in [0.5, 0.6) is 0 Å². The Balaban J connectivity index is 1.99. The minimum absolute atomic E-state index is 0.515. The highest BCUT2D eigenvalue weighted by atomic mass is 16.5. The number of rotatable bonds is 5. The summed E-state index contributed by atoms with van der Waals surface area (Å²) in [4.78, 5) is 0. The fourth-order valence-electron chi connectivity index (χ4n) is 3.89. The van der Waals surface area contributed by atoms with Gasteiger partial charge >= 0.3 is 0 Å². The molecule has 17 heavy (non-hydrogen) atoms. The van der Waals surface area contributed by atoms with Crippen molar-refractivity contribution in [3.8, 4) is 0 Å². The molecule has 0 amide bonds. The maximum absolute atomic E-state index is 5.89. The Hall–Kier alpha value is -0.0800. The predicted octanol–water partition coefficient (Wildman–Crippen LogP) is 3.36. The summed E-state index contributed by atoms with van der Waals surface area (Å²) in [5.74, 6) is 1.67. The summed E-state index contributed by atoms with van der Waals surface area (Å²) in [6.07, 6.45) is 10.2. The van der Waals surface area contributed by atoms with Crippen molar-refractivity contribution in [3.05, 3.63) is 0 Å². The van der Waals surface area contributed by atoms with Crippen LogP contribution in [0.25, 0.3) is 0 Å². The van der Waals surface area contributed by atoms with Crippen LogP contribution in [0.3, 0.4) is 0 Å². The minimum Gasteiger partial charge on any atom is -0.378 e. The van der Waals surface area contributed by atoms with E-state index in [2.05, 4.69) is 19.2 Å². The Labute approximate surface area is 107 Å². The van der Waals surface area contributed by atoms with Crippen LogP contribution in [-0.2, 0) is 4.74 Å². The van der Waals surface area contributed by atoms with Gasteiger partial charge in [0.1, 0.15) is 0 Å². The lowest BCUT2D eigenvalue weighted by molar-refractivity contribution is 0.0652. The van der Waals surface area contributed by atoms with Gasteiger partial charge in [0.25, 0.3) is 0 Å². The van der Waals surface area contributed by atoms with Crippen molar-refractivity contribution in [2.45, 2.75) is 70.9 Å². The van der Waals surface area contributed by atoms with Crippen molar-refractivity contribution in [2.75, 3.05) is 13.2 Å². The lowest BCUT2D eigenvalue weighted by Crippen LogP contribution is -2.45. The molecule has 1 aliphatic carbocycles. The number of hydrogen-bond donors (Lipinski definition) is 1. The predicted molar refractivity (Wildman–Crippen MR) is 72.2 cm³/mol. The van der Waals surface area contributed by atoms with E-state index in [0.717, 1.165) is 25.0 Å². The Morgan fingerprint density at radius 3 is 2.53 bits per heavy atom. The molecule has 2 rings (SSSR count). The third-order valence-electron chi connectivity index (χ3n) is 4.72. The van der Waals surface area contributed by atoms with Gasteiger partial charge in [0.05, 0.1) is 6.10 Å². The first kappa shape index (κ1) is 13.4. The van der Waals surface area contributed by atoms with E-state index in [1.165, 1.54) is 44.9 Å². The topological polar surface area (TPSA) is 21.3 Å². The zero-order valence-corrected chi connectivity index (χ0v) is 11.6. The largest absolute Gasteiger partial charge is 0.378 e. The summed E-state index contributed by atoms with van der Waals surface area (Å²) in [7, 11) is 0. The summed E-state index contributed by atoms with van der Waals surface area (Å²) in [6.45, 7) is 6.60. The second-order valence-electron chi connectivity index (χ2n) is 5.75. The Morgan fingerprint density at radius 2 is 1.88 bits per heavy atom. The van der Waals surface area contributed by atoms with Crippen LogP contribution < -0.4 is 5.32 Å². The molecule has 3 atom stereocenters. The zero-order chi connectivity index (χ0) is 12.1. The van der Waals surface area contributed by atoms with Gasteiger partial charge in [-0.25, -0.2) is 0 Å². The highest BCUT2D eigenvalue weighted by Gasteiger charge is 2.37. The maximum atomic E-state index is 5.89. The molecule has 2 fully saturated rings. The average Bonchev–Trinajstić information content (AvgIpc) is 2.85. The van der Waals surface area contributed by atoms with Crippen LogP contribution in [0.4, 0.5) is 0 Å². The zero-order valence-electron chi connectivity index (χ0n) is 11.6. The molecule has 2 nitrogen and oxygen atoms in total. The Morgan fingerprint density at radius 1 is 1.12 bits per heavy atom. The van der Waals surface area contributed by atoms with E-state index in [0.29, 0.717) is 12.1 Å². The molecule has 1 saturated carbocycles. The van der Waals surface area contributed by atoms with Crippen molar-refractivity contribution < 1.29 is 4.74 Å². The Kier molecular flexibility index (Phi) is 5.30. The average molecular weight is 239 g/mol. The smallest absolute Gasteiger partial charge is 0.0616 e. The van der Waals surface area contributed by atoms with Crippen molar-refractivity contribution in [2.24, 2.45) is 11.8 Å². The van der Waals surface area contributed by atoms with Gasteiger partial charge in [-0.2, -0.15) is 0 Å². The van der Waals surface area contributed by atoms with Crippen LogP contribution in [0, 0.1) is 11.8 Å². The Bertz CT molecular complexity index is 213. The quantitative estimate of drug-likeness (QED) is 0.794. The molecular formula is C15H29NO. The fraction of sp³-hybridized carbons (Fsp3) is 1.00. The molecule has 0 radical (unpaired) electrons. The highest BCUT2D eigenvalue weighted by molar-refractivity contribution is 4.90. The molecule has 3 unspecified atom stereocenters. The summed E-state index contributed by atoms with van der Waals surface area (Å²) < 4.78 is 5.89. The van der Waals surface area contributed by atoms with Gasteiger partial charge in [-0.05, 0) is 38.1 Å². The van der Waals surface area contributed by atoms with E-state index in [1.54, 1.807) is 0 Å². The first-order valence-corrected chi connectivity index (χ1v) is 7.71. The lowest BCUT2D eigenvalue weighted by Gasteiger charge is -2.36. The molecule has 1 N–H and O–H groups in total. The monoisotopic (exact) mass is 239 g/mol. The van der Waals surface area contributed by atoms with Gasteiger partial charge < -0.3 is 10.1 Å². The summed E-state index contributed by atoms with van der Waals surface area (Å²) in [6, 6.07) is 0.716. The van der Waals surface area contributed by atoms with Gasteiger partial charge in [-0.1, -0.05) is 33.1 Å². The van der Waals surface area contributed by atoms with E-state index >= 15 is 0 Å². The van der Waals surface area contributed by atoms with Gasteiger partial charge in [0, 0.05) is 18.6 Å². The van der Waals surface area contributed by atoms with Crippen molar-refractivity contribution >= 4 is 0 Å². The van der Waals surface area contributed by atoms with Crippen molar-refractivity contribution in [1.29, 1.82) is 0 Å². The second-order valence-corrected chi connectivity index (χ2v) is 5.75. The standard InChI is InChI=1S/C15H29NO/c1-3-14-13(10-11-17-14)15(16-4-2)12-8-6-5-7-9-12/h12-16H,3-11H2,1-2H3. The molecule has 0 bridgehead atoms. The van der Waals surface area contributed by atoms with E-state index in [4.69, 9.17) is 4.74 Å². The summed E-state index contributed by atoms with van der Waals surface area (Å²) >= 11 is 0. The van der Waals surface area contributed by atoms with Gasteiger partial charge in [-0.15, -0.1) is 0 Å². The molecule has 0 aromatic rings. The van der Waals surface area contributed by atoms with E-state index in [9.17, 15) is 0 Å². The highest BCUT2D eigenvalue weighted by Crippen LogP contribution is 2.35. The molecule has 2 heteroatoms. The van der Waals surface area contributed by atoms with Crippen molar-refractivity contribution in [3.63, 3.8) is 0 Å². The van der Waals surface area contributed by atoms with Crippen LogP contribution in [-0.4, -0.2) is 25.3 Å². The van der Waals surface area contributed by atoms with Crippen molar-refractivity contribution in [1.82, 2.24) is 5.32 Å². The summed E-state index contributed by atoms with van der Waals surface area (Å²) in [5.41, 5.74) is 0. The van der Waals surface area contributed by atoms with Gasteiger partial charge in [0.15, 0.2) is 0 Å².